The van der Waals surface area contributed by atoms with Crippen LogP contribution in [0, 0.1) is 0 Å². The highest BCUT2D eigenvalue weighted by Gasteiger charge is 2.17. The Morgan fingerprint density at radius 2 is 1.64 bits per heavy atom. The fourth-order valence-electron chi connectivity index (χ4n) is 2.81. The standard InChI is InChI=1S/C18H22ClN3O2S/c1-21-10-12-22(13-11-21)16-8-6-15(7-9-16)14-20-25(23,24)18-5-3-2-4-17(18)19/h2-9,20H,10-14H2,1H3. The van der Waals surface area contributed by atoms with Crippen molar-refractivity contribution >= 4 is 27.3 Å². The zero-order valence-corrected chi connectivity index (χ0v) is 15.7. The molecule has 0 spiro atoms. The van der Waals surface area contributed by atoms with Crippen LogP contribution in [0.5, 0.6) is 0 Å². The van der Waals surface area contributed by atoms with Crippen molar-refractivity contribution in [3.05, 3.63) is 59.1 Å². The zero-order valence-electron chi connectivity index (χ0n) is 14.2. The molecule has 134 valence electrons. The molecule has 1 aliphatic heterocycles. The SMILES string of the molecule is CN1CCN(c2ccc(CNS(=O)(=O)c3ccccc3Cl)cc2)CC1. The van der Waals surface area contributed by atoms with Gasteiger partial charge in [0, 0.05) is 38.4 Å². The first-order valence-electron chi connectivity index (χ1n) is 8.22. The van der Waals surface area contributed by atoms with Gasteiger partial charge in [-0.15, -0.1) is 0 Å². The molecular formula is C18H22ClN3O2S. The van der Waals surface area contributed by atoms with Crippen molar-refractivity contribution in [1.82, 2.24) is 9.62 Å². The van der Waals surface area contributed by atoms with E-state index in [0.29, 0.717) is 0 Å². The Balaban J connectivity index is 1.63. The van der Waals surface area contributed by atoms with E-state index in [0.717, 1.165) is 31.7 Å². The molecule has 0 atom stereocenters. The summed E-state index contributed by atoms with van der Waals surface area (Å²) in [7, 11) is -1.49. The fraction of sp³-hybridized carbons (Fsp3) is 0.333. The van der Waals surface area contributed by atoms with Gasteiger partial charge in [-0.3, -0.25) is 0 Å². The van der Waals surface area contributed by atoms with E-state index in [1.54, 1.807) is 18.2 Å². The second kappa shape index (κ2) is 7.74. The molecule has 1 saturated heterocycles. The molecule has 5 nitrogen and oxygen atoms in total. The van der Waals surface area contributed by atoms with E-state index >= 15 is 0 Å². The minimum Gasteiger partial charge on any atom is -0.369 e. The fourth-order valence-corrected chi connectivity index (χ4v) is 4.34. The normalized spacial score (nSPS) is 16.2. The number of nitrogens with one attached hydrogen (secondary N) is 1. The summed E-state index contributed by atoms with van der Waals surface area (Å²) < 4.78 is 27.3. The third kappa shape index (κ3) is 4.52. The first-order valence-corrected chi connectivity index (χ1v) is 10.1. The molecule has 0 radical (unpaired) electrons. The maximum atomic E-state index is 12.4. The first-order chi connectivity index (χ1) is 12.0. The van der Waals surface area contributed by atoms with Crippen molar-refractivity contribution in [3.63, 3.8) is 0 Å². The van der Waals surface area contributed by atoms with E-state index in [1.807, 2.05) is 24.3 Å². The zero-order chi connectivity index (χ0) is 17.9. The number of likely N-dealkylation sites (N-methyl/N-ethyl adjacent to an activating group) is 1. The molecule has 1 fully saturated rings. The van der Waals surface area contributed by atoms with Crippen LogP contribution in [0.15, 0.2) is 53.4 Å². The largest absolute Gasteiger partial charge is 0.369 e. The third-order valence-electron chi connectivity index (χ3n) is 4.40. The Morgan fingerprint density at radius 3 is 2.28 bits per heavy atom. The second-order valence-corrected chi connectivity index (χ2v) is 8.35. The minimum atomic E-state index is -3.62. The Labute approximate surface area is 154 Å². The number of halogens is 1. The van der Waals surface area contributed by atoms with Gasteiger partial charge in [-0.05, 0) is 36.9 Å². The van der Waals surface area contributed by atoms with Gasteiger partial charge in [-0.25, -0.2) is 13.1 Å². The molecule has 0 saturated carbocycles. The number of piperazine rings is 1. The molecule has 0 aliphatic carbocycles. The van der Waals surface area contributed by atoms with Crippen LogP contribution in [0.4, 0.5) is 5.69 Å². The summed E-state index contributed by atoms with van der Waals surface area (Å²) in [5.74, 6) is 0. The van der Waals surface area contributed by atoms with E-state index in [-0.39, 0.29) is 16.5 Å². The van der Waals surface area contributed by atoms with E-state index in [9.17, 15) is 8.42 Å². The first kappa shape index (κ1) is 18.2. The van der Waals surface area contributed by atoms with Gasteiger partial charge in [0.25, 0.3) is 0 Å². The van der Waals surface area contributed by atoms with Gasteiger partial charge in [0.15, 0.2) is 0 Å². The van der Waals surface area contributed by atoms with Crippen LogP contribution in [0.3, 0.4) is 0 Å². The number of anilines is 1. The minimum absolute atomic E-state index is 0.103. The predicted molar refractivity (Wildman–Crippen MR) is 102 cm³/mol. The summed E-state index contributed by atoms with van der Waals surface area (Å²) in [6.45, 7) is 4.36. The van der Waals surface area contributed by atoms with Gasteiger partial charge < -0.3 is 9.80 Å². The summed E-state index contributed by atoms with van der Waals surface area (Å²) in [5.41, 5.74) is 2.08. The van der Waals surface area contributed by atoms with Crippen molar-refractivity contribution < 1.29 is 8.42 Å². The van der Waals surface area contributed by atoms with Crippen LogP contribution in [-0.2, 0) is 16.6 Å². The lowest BCUT2D eigenvalue weighted by molar-refractivity contribution is 0.313. The van der Waals surface area contributed by atoms with Crippen LogP contribution in [0.25, 0.3) is 0 Å². The number of rotatable bonds is 5. The smallest absolute Gasteiger partial charge is 0.242 e. The molecule has 1 heterocycles. The van der Waals surface area contributed by atoms with E-state index < -0.39 is 10.0 Å². The number of hydrogen-bond acceptors (Lipinski definition) is 4. The molecule has 3 rings (SSSR count). The topological polar surface area (TPSA) is 52.6 Å². The highest BCUT2D eigenvalue weighted by molar-refractivity contribution is 7.89. The number of benzene rings is 2. The summed E-state index contributed by atoms with van der Waals surface area (Å²) >= 11 is 5.98. The molecule has 25 heavy (non-hydrogen) atoms. The summed E-state index contributed by atoms with van der Waals surface area (Å²) in [6.07, 6.45) is 0. The molecule has 1 N–H and O–H groups in total. The van der Waals surface area contributed by atoms with Gasteiger partial charge in [-0.2, -0.15) is 0 Å². The summed E-state index contributed by atoms with van der Waals surface area (Å²) in [6, 6.07) is 14.5. The molecule has 2 aromatic carbocycles. The average molecular weight is 380 g/mol. The average Bonchev–Trinajstić information content (AvgIpc) is 2.61. The molecule has 0 amide bonds. The van der Waals surface area contributed by atoms with Crippen molar-refractivity contribution in [2.24, 2.45) is 0 Å². The van der Waals surface area contributed by atoms with E-state index in [2.05, 4.69) is 21.6 Å². The summed E-state index contributed by atoms with van der Waals surface area (Å²) in [5, 5.41) is 0.223. The Kier molecular flexibility index (Phi) is 5.64. The van der Waals surface area contributed by atoms with Crippen LogP contribution >= 0.6 is 11.6 Å². The van der Waals surface area contributed by atoms with Crippen LogP contribution < -0.4 is 9.62 Å². The van der Waals surface area contributed by atoms with Crippen molar-refractivity contribution in [1.29, 1.82) is 0 Å². The van der Waals surface area contributed by atoms with Crippen LogP contribution in [0.2, 0.25) is 5.02 Å². The number of hydrogen-bond donors (Lipinski definition) is 1. The maximum Gasteiger partial charge on any atom is 0.242 e. The quantitative estimate of drug-likeness (QED) is 0.867. The van der Waals surface area contributed by atoms with Crippen molar-refractivity contribution in [3.8, 4) is 0 Å². The van der Waals surface area contributed by atoms with Gasteiger partial charge in [0.2, 0.25) is 10.0 Å². The lowest BCUT2D eigenvalue weighted by Gasteiger charge is -2.34. The molecule has 0 unspecified atom stereocenters. The Hall–Kier alpha value is -1.60. The second-order valence-electron chi connectivity index (χ2n) is 6.21. The van der Waals surface area contributed by atoms with Crippen molar-refractivity contribution in [2.75, 3.05) is 38.1 Å². The van der Waals surface area contributed by atoms with E-state index in [1.165, 1.54) is 11.8 Å². The van der Waals surface area contributed by atoms with Crippen molar-refractivity contribution in [2.45, 2.75) is 11.4 Å². The molecular weight excluding hydrogens is 358 g/mol. The molecule has 0 aromatic heterocycles. The molecule has 1 aliphatic rings. The molecule has 0 bridgehead atoms. The lowest BCUT2D eigenvalue weighted by atomic mass is 10.2. The predicted octanol–water partition coefficient (Wildman–Crippen LogP) is 2.57. The lowest BCUT2D eigenvalue weighted by Crippen LogP contribution is -2.44. The maximum absolute atomic E-state index is 12.4. The van der Waals surface area contributed by atoms with Crippen LogP contribution in [0.1, 0.15) is 5.56 Å². The number of sulfonamides is 1. The third-order valence-corrected chi connectivity index (χ3v) is 6.30. The summed E-state index contributed by atoms with van der Waals surface area (Å²) in [4.78, 5) is 4.76. The van der Waals surface area contributed by atoms with E-state index in [4.69, 9.17) is 11.6 Å². The van der Waals surface area contributed by atoms with Gasteiger partial charge in [0.05, 0.1) is 5.02 Å². The van der Waals surface area contributed by atoms with Gasteiger partial charge in [-0.1, -0.05) is 35.9 Å². The molecule has 2 aromatic rings. The van der Waals surface area contributed by atoms with Crippen LogP contribution in [-0.4, -0.2) is 46.5 Å². The highest BCUT2D eigenvalue weighted by atomic mass is 35.5. The highest BCUT2D eigenvalue weighted by Crippen LogP contribution is 2.21. The van der Waals surface area contributed by atoms with Gasteiger partial charge >= 0.3 is 0 Å². The monoisotopic (exact) mass is 379 g/mol. The van der Waals surface area contributed by atoms with Gasteiger partial charge in [0.1, 0.15) is 4.90 Å². The number of nitrogens with zero attached hydrogens (tertiary/aromatic N) is 2. The Bertz CT molecular complexity index is 816. The molecule has 7 heteroatoms. The Morgan fingerprint density at radius 1 is 1.00 bits per heavy atom.